The fourth-order valence-electron chi connectivity index (χ4n) is 1.67. The van der Waals surface area contributed by atoms with Gasteiger partial charge in [0.25, 0.3) is 0 Å². The maximum Gasteiger partial charge on any atom is 0.0571 e. The molecule has 78 valence electrons. The Morgan fingerprint density at radius 1 is 1.33 bits per heavy atom. The summed E-state index contributed by atoms with van der Waals surface area (Å²) in [4.78, 5) is 4.00. The summed E-state index contributed by atoms with van der Waals surface area (Å²) in [5.74, 6) is 0. The molecule has 0 amide bonds. The number of hydrogen-bond donors (Lipinski definition) is 1. The van der Waals surface area contributed by atoms with E-state index < -0.39 is 0 Å². The van der Waals surface area contributed by atoms with Crippen molar-refractivity contribution in [3.8, 4) is 11.1 Å². The van der Waals surface area contributed by atoms with Crippen molar-refractivity contribution in [1.82, 2.24) is 14.8 Å². The smallest absolute Gasteiger partial charge is 0.0571 e. The number of rotatable bonds is 3. The molecule has 0 spiro atoms. The summed E-state index contributed by atoms with van der Waals surface area (Å²) in [5.41, 5.74) is 9.04. The number of pyridine rings is 1. The van der Waals surface area contributed by atoms with Crippen LogP contribution < -0.4 is 5.73 Å². The zero-order valence-electron chi connectivity index (χ0n) is 8.72. The maximum absolute atomic E-state index is 5.58. The van der Waals surface area contributed by atoms with Crippen LogP contribution in [0.1, 0.15) is 5.69 Å². The first-order valence-corrected chi connectivity index (χ1v) is 4.94. The van der Waals surface area contributed by atoms with Gasteiger partial charge in [0.2, 0.25) is 0 Å². The SMILES string of the molecule is Cn1ncc(-c2ccncc2)c1CCN. The predicted molar refractivity (Wildman–Crippen MR) is 59.2 cm³/mol. The lowest BCUT2D eigenvalue weighted by Crippen LogP contribution is -2.08. The fraction of sp³-hybridized carbons (Fsp3) is 0.273. The van der Waals surface area contributed by atoms with E-state index in [2.05, 4.69) is 10.1 Å². The van der Waals surface area contributed by atoms with E-state index in [9.17, 15) is 0 Å². The van der Waals surface area contributed by atoms with Gasteiger partial charge >= 0.3 is 0 Å². The average molecular weight is 202 g/mol. The maximum atomic E-state index is 5.58. The van der Waals surface area contributed by atoms with E-state index in [0.29, 0.717) is 6.54 Å². The van der Waals surface area contributed by atoms with Gasteiger partial charge in [-0.05, 0) is 24.2 Å². The van der Waals surface area contributed by atoms with Gasteiger partial charge in [0.15, 0.2) is 0 Å². The van der Waals surface area contributed by atoms with E-state index in [-0.39, 0.29) is 0 Å². The number of aryl methyl sites for hydroxylation is 1. The first-order valence-electron chi connectivity index (χ1n) is 4.94. The van der Waals surface area contributed by atoms with Crippen molar-refractivity contribution in [3.63, 3.8) is 0 Å². The molecule has 2 aromatic rings. The van der Waals surface area contributed by atoms with Crippen LogP contribution in [-0.2, 0) is 13.5 Å². The highest BCUT2D eigenvalue weighted by Gasteiger charge is 2.08. The quantitative estimate of drug-likeness (QED) is 0.807. The van der Waals surface area contributed by atoms with E-state index in [1.807, 2.05) is 30.1 Å². The van der Waals surface area contributed by atoms with Crippen molar-refractivity contribution < 1.29 is 0 Å². The molecule has 0 fully saturated rings. The van der Waals surface area contributed by atoms with Crippen molar-refractivity contribution in [2.24, 2.45) is 12.8 Å². The molecule has 0 saturated carbocycles. The Morgan fingerprint density at radius 3 is 2.73 bits per heavy atom. The lowest BCUT2D eigenvalue weighted by atomic mass is 10.1. The molecule has 15 heavy (non-hydrogen) atoms. The minimum absolute atomic E-state index is 0.637. The van der Waals surface area contributed by atoms with Crippen molar-refractivity contribution in [2.75, 3.05) is 6.54 Å². The highest BCUT2D eigenvalue weighted by atomic mass is 15.3. The van der Waals surface area contributed by atoms with Crippen LogP contribution in [0.3, 0.4) is 0 Å². The van der Waals surface area contributed by atoms with E-state index >= 15 is 0 Å². The lowest BCUT2D eigenvalue weighted by molar-refractivity contribution is 0.707. The number of hydrogen-bond acceptors (Lipinski definition) is 3. The van der Waals surface area contributed by atoms with Gasteiger partial charge in [-0.25, -0.2) is 0 Å². The summed E-state index contributed by atoms with van der Waals surface area (Å²) in [6, 6.07) is 3.97. The van der Waals surface area contributed by atoms with Crippen LogP contribution in [0.4, 0.5) is 0 Å². The van der Waals surface area contributed by atoms with Crippen molar-refractivity contribution in [2.45, 2.75) is 6.42 Å². The summed E-state index contributed by atoms with van der Waals surface area (Å²) < 4.78 is 1.88. The summed E-state index contributed by atoms with van der Waals surface area (Å²) in [5, 5.41) is 4.25. The Labute approximate surface area is 88.8 Å². The van der Waals surface area contributed by atoms with E-state index in [0.717, 1.165) is 17.5 Å². The molecule has 0 unspecified atom stereocenters. The molecular formula is C11H14N4. The zero-order chi connectivity index (χ0) is 10.7. The minimum Gasteiger partial charge on any atom is -0.330 e. The van der Waals surface area contributed by atoms with Gasteiger partial charge in [-0.2, -0.15) is 5.10 Å². The fourth-order valence-corrected chi connectivity index (χ4v) is 1.67. The van der Waals surface area contributed by atoms with Gasteiger partial charge in [0, 0.05) is 37.1 Å². The number of nitrogens with zero attached hydrogens (tertiary/aromatic N) is 3. The molecule has 0 aliphatic rings. The highest BCUT2D eigenvalue weighted by molar-refractivity contribution is 5.64. The third-order valence-corrected chi connectivity index (χ3v) is 2.43. The molecular weight excluding hydrogens is 188 g/mol. The summed E-state index contributed by atoms with van der Waals surface area (Å²) >= 11 is 0. The molecule has 0 bridgehead atoms. The van der Waals surface area contributed by atoms with Crippen LogP contribution >= 0.6 is 0 Å². The van der Waals surface area contributed by atoms with Crippen molar-refractivity contribution >= 4 is 0 Å². The zero-order valence-corrected chi connectivity index (χ0v) is 8.72. The van der Waals surface area contributed by atoms with Gasteiger partial charge in [0.05, 0.1) is 6.20 Å². The number of aromatic nitrogens is 3. The Hall–Kier alpha value is -1.68. The molecule has 0 atom stereocenters. The summed E-state index contributed by atoms with van der Waals surface area (Å²) in [6.07, 6.45) is 6.29. The van der Waals surface area contributed by atoms with Crippen LogP contribution in [0.5, 0.6) is 0 Å². The molecule has 0 aromatic carbocycles. The molecule has 2 N–H and O–H groups in total. The molecule has 2 heterocycles. The van der Waals surface area contributed by atoms with Gasteiger partial charge in [0.1, 0.15) is 0 Å². The van der Waals surface area contributed by atoms with Gasteiger partial charge in [-0.15, -0.1) is 0 Å². The Morgan fingerprint density at radius 2 is 2.07 bits per heavy atom. The van der Waals surface area contributed by atoms with Gasteiger partial charge < -0.3 is 5.73 Å². The Bertz CT molecular complexity index is 433. The minimum atomic E-state index is 0.637. The van der Waals surface area contributed by atoms with Crippen LogP contribution in [0.2, 0.25) is 0 Å². The second kappa shape index (κ2) is 4.23. The average Bonchev–Trinajstić information content (AvgIpc) is 2.63. The summed E-state index contributed by atoms with van der Waals surface area (Å²) in [6.45, 7) is 0.637. The normalized spacial score (nSPS) is 10.5. The third kappa shape index (κ3) is 1.89. The first-order chi connectivity index (χ1) is 7.33. The molecule has 2 aromatic heterocycles. The van der Waals surface area contributed by atoms with Crippen LogP contribution in [-0.4, -0.2) is 21.3 Å². The Kier molecular flexibility index (Phi) is 2.78. The second-order valence-corrected chi connectivity index (χ2v) is 3.40. The van der Waals surface area contributed by atoms with E-state index in [1.54, 1.807) is 12.4 Å². The molecule has 0 radical (unpaired) electrons. The molecule has 4 nitrogen and oxygen atoms in total. The van der Waals surface area contributed by atoms with Crippen molar-refractivity contribution in [1.29, 1.82) is 0 Å². The molecule has 0 saturated heterocycles. The predicted octanol–water partition coefficient (Wildman–Crippen LogP) is 0.983. The van der Waals surface area contributed by atoms with Crippen LogP contribution in [0.25, 0.3) is 11.1 Å². The second-order valence-electron chi connectivity index (χ2n) is 3.40. The largest absolute Gasteiger partial charge is 0.330 e. The van der Waals surface area contributed by atoms with E-state index in [1.165, 1.54) is 5.69 Å². The first kappa shape index (κ1) is 9.86. The molecule has 0 aliphatic heterocycles. The third-order valence-electron chi connectivity index (χ3n) is 2.43. The van der Waals surface area contributed by atoms with E-state index in [4.69, 9.17) is 5.73 Å². The van der Waals surface area contributed by atoms with Crippen molar-refractivity contribution in [3.05, 3.63) is 36.4 Å². The molecule has 4 heteroatoms. The standard InChI is InChI=1S/C11H14N4/c1-15-11(2-5-12)10(8-14-15)9-3-6-13-7-4-9/h3-4,6-8H,2,5,12H2,1H3. The van der Waals surface area contributed by atoms with Crippen LogP contribution in [0, 0.1) is 0 Å². The van der Waals surface area contributed by atoms with Crippen LogP contribution in [0.15, 0.2) is 30.7 Å². The highest BCUT2D eigenvalue weighted by Crippen LogP contribution is 2.22. The van der Waals surface area contributed by atoms with Gasteiger partial charge in [-0.1, -0.05) is 0 Å². The molecule has 0 aliphatic carbocycles. The topological polar surface area (TPSA) is 56.7 Å². The summed E-state index contributed by atoms with van der Waals surface area (Å²) in [7, 11) is 1.94. The number of nitrogens with two attached hydrogens (primary N) is 1. The lowest BCUT2D eigenvalue weighted by Gasteiger charge is -2.04. The molecule has 2 rings (SSSR count). The van der Waals surface area contributed by atoms with Gasteiger partial charge in [-0.3, -0.25) is 9.67 Å². The monoisotopic (exact) mass is 202 g/mol. The Balaban J connectivity index is 2.44.